The first-order chi connectivity index (χ1) is 11.4. The van der Waals surface area contributed by atoms with Crippen molar-refractivity contribution in [2.24, 2.45) is 5.41 Å². The molecule has 1 saturated heterocycles. The predicted octanol–water partition coefficient (Wildman–Crippen LogP) is 1.81. The summed E-state index contributed by atoms with van der Waals surface area (Å²) in [7, 11) is 0. The standard InChI is InChI=1S/C18H26N2O4/c1-12-15-13(21)10-18(2,3)11-14(15)24-16(12)17(22)19-4-5-20-6-8-23-9-7-20/h4-11H2,1-3H3,(H,19,22). The van der Waals surface area contributed by atoms with Crippen LogP contribution in [0.5, 0.6) is 0 Å². The Labute approximate surface area is 142 Å². The third kappa shape index (κ3) is 3.54. The van der Waals surface area contributed by atoms with E-state index in [0.717, 1.165) is 32.8 Å². The van der Waals surface area contributed by atoms with Crippen LogP contribution in [-0.4, -0.2) is 56.0 Å². The Morgan fingerprint density at radius 2 is 1.96 bits per heavy atom. The van der Waals surface area contributed by atoms with E-state index >= 15 is 0 Å². The summed E-state index contributed by atoms with van der Waals surface area (Å²) >= 11 is 0. The Morgan fingerprint density at radius 3 is 2.67 bits per heavy atom. The molecule has 2 heterocycles. The number of hydrogen-bond acceptors (Lipinski definition) is 5. The van der Waals surface area contributed by atoms with Crippen LogP contribution in [0.1, 0.15) is 52.5 Å². The smallest absolute Gasteiger partial charge is 0.287 e. The van der Waals surface area contributed by atoms with E-state index in [-0.39, 0.29) is 22.9 Å². The number of carbonyl (C=O) groups is 2. The molecule has 1 amide bonds. The van der Waals surface area contributed by atoms with E-state index in [1.54, 1.807) is 6.92 Å². The molecule has 24 heavy (non-hydrogen) atoms. The van der Waals surface area contributed by atoms with Crippen molar-refractivity contribution < 1.29 is 18.7 Å². The first kappa shape index (κ1) is 17.2. The van der Waals surface area contributed by atoms with E-state index in [2.05, 4.69) is 10.2 Å². The van der Waals surface area contributed by atoms with E-state index in [1.807, 2.05) is 13.8 Å². The van der Waals surface area contributed by atoms with Crippen LogP contribution in [0, 0.1) is 12.3 Å². The van der Waals surface area contributed by atoms with Crippen LogP contribution < -0.4 is 5.32 Å². The SMILES string of the molecule is Cc1c(C(=O)NCCN2CCOCC2)oc2c1C(=O)CC(C)(C)C2. The number of nitrogens with zero attached hydrogens (tertiary/aromatic N) is 1. The number of Topliss-reactive ketones (excluding diaryl/α,β-unsaturated/α-hetero) is 1. The first-order valence-corrected chi connectivity index (χ1v) is 8.61. The second-order valence-corrected chi connectivity index (χ2v) is 7.51. The first-order valence-electron chi connectivity index (χ1n) is 8.61. The second kappa shape index (κ2) is 6.69. The third-order valence-electron chi connectivity index (χ3n) is 4.80. The van der Waals surface area contributed by atoms with Crippen molar-refractivity contribution in [3.8, 4) is 0 Å². The van der Waals surface area contributed by atoms with Crippen LogP contribution in [0.15, 0.2) is 4.42 Å². The fraction of sp³-hybridized carbons (Fsp3) is 0.667. The lowest BCUT2D eigenvalue weighted by Crippen LogP contribution is -2.41. The van der Waals surface area contributed by atoms with Crippen molar-refractivity contribution in [3.63, 3.8) is 0 Å². The maximum absolute atomic E-state index is 12.4. The highest BCUT2D eigenvalue weighted by Crippen LogP contribution is 2.38. The molecule has 1 aromatic heterocycles. The summed E-state index contributed by atoms with van der Waals surface area (Å²) in [5.74, 6) is 0.788. The summed E-state index contributed by atoms with van der Waals surface area (Å²) < 4.78 is 11.1. The number of nitrogens with one attached hydrogen (secondary N) is 1. The summed E-state index contributed by atoms with van der Waals surface area (Å²) in [4.78, 5) is 27.1. The number of carbonyl (C=O) groups excluding carboxylic acids is 2. The number of hydrogen-bond donors (Lipinski definition) is 1. The molecular formula is C18H26N2O4. The molecular weight excluding hydrogens is 308 g/mol. The summed E-state index contributed by atoms with van der Waals surface area (Å²) in [6, 6.07) is 0. The minimum atomic E-state index is -0.235. The van der Waals surface area contributed by atoms with Crippen LogP contribution in [-0.2, 0) is 11.2 Å². The molecule has 0 atom stereocenters. The van der Waals surface area contributed by atoms with Gasteiger partial charge < -0.3 is 14.5 Å². The third-order valence-corrected chi connectivity index (χ3v) is 4.80. The highest BCUT2D eigenvalue weighted by molar-refractivity contribution is 6.03. The van der Waals surface area contributed by atoms with Gasteiger partial charge in [-0.2, -0.15) is 0 Å². The van der Waals surface area contributed by atoms with Crippen molar-refractivity contribution in [3.05, 3.63) is 22.6 Å². The minimum Gasteiger partial charge on any atom is -0.455 e. The number of rotatable bonds is 4. The molecule has 1 aliphatic heterocycles. The monoisotopic (exact) mass is 334 g/mol. The van der Waals surface area contributed by atoms with Gasteiger partial charge in [0.2, 0.25) is 0 Å². The molecule has 0 unspecified atom stereocenters. The van der Waals surface area contributed by atoms with Crippen molar-refractivity contribution >= 4 is 11.7 Å². The Kier molecular flexibility index (Phi) is 4.78. The number of morpholine rings is 1. The quantitative estimate of drug-likeness (QED) is 0.909. The molecule has 132 valence electrons. The molecule has 0 aromatic carbocycles. The minimum absolute atomic E-state index is 0.0786. The molecule has 2 aliphatic rings. The van der Waals surface area contributed by atoms with Gasteiger partial charge in [-0.05, 0) is 12.3 Å². The van der Waals surface area contributed by atoms with Crippen molar-refractivity contribution in [2.45, 2.75) is 33.6 Å². The number of ether oxygens (including phenoxy) is 1. The van der Waals surface area contributed by atoms with Gasteiger partial charge in [0.15, 0.2) is 11.5 Å². The predicted molar refractivity (Wildman–Crippen MR) is 89.5 cm³/mol. The average molecular weight is 334 g/mol. The van der Waals surface area contributed by atoms with Crippen molar-refractivity contribution in [1.29, 1.82) is 0 Å². The average Bonchev–Trinajstić information content (AvgIpc) is 2.83. The van der Waals surface area contributed by atoms with Crippen molar-refractivity contribution in [2.75, 3.05) is 39.4 Å². The summed E-state index contributed by atoms with van der Waals surface area (Å²) in [5.41, 5.74) is 1.18. The lowest BCUT2D eigenvalue weighted by molar-refractivity contribution is 0.0382. The lowest BCUT2D eigenvalue weighted by atomic mass is 9.76. The van der Waals surface area contributed by atoms with E-state index in [4.69, 9.17) is 9.15 Å². The van der Waals surface area contributed by atoms with Gasteiger partial charge in [-0.25, -0.2) is 0 Å². The highest BCUT2D eigenvalue weighted by Gasteiger charge is 2.36. The van der Waals surface area contributed by atoms with Gasteiger partial charge in [-0.1, -0.05) is 13.8 Å². The molecule has 1 aromatic rings. The maximum atomic E-state index is 12.4. The zero-order valence-corrected chi connectivity index (χ0v) is 14.7. The zero-order chi connectivity index (χ0) is 17.3. The van der Waals surface area contributed by atoms with E-state index in [9.17, 15) is 9.59 Å². The van der Waals surface area contributed by atoms with Crippen LogP contribution in [0.25, 0.3) is 0 Å². The maximum Gasteiger partial charge on any atom is 0.287 e. The summed E-state index contributed by atoms with van der Waals surface area (Å²) in [6.07, 6.45) is 1.19. The molecule has 6 heteroatoms. The van der Waals surface area contributed by atoms with E-state index in [0.29, 0.717) is 36.3 Å². The highest BCUT2D eigenvalue weighted by atomic mass is 16.5. The largest absolute Gasteiger partial charge is 0.455 e. The van der Waals surface area contributed by atoms with Gasteiger partial charge >= 0.3 is 0 Å². The molecule has 0 bridgehead atoms. The topological polar surface area (TPSA) is 71.8 Å². The van der Waals surface area contributed by atoms with Crippen LogP contribution in [0.3, 0.4) is 0 Å². The fourth-order valence-electron chi connectivity index (χ4n) is 3.53. The van der Waals surface area contributed by atoms with Crippen molar-refractivity contribution in [1.82, 2.24) is 10.2 Å². The van der Waals surface area contributed by atoms with Gasteiger partial charge in [0.05, 0.1) is 18.8 Å². The summed E-state index contributed by atoms with van der Waals surface area (Å²) in [6.45, 7) is 10.5. The molecule has 0 spiro atoms. The number of ketones is 1. The molecule has 1 aliphatic carbocycles. The van der Waals surface area contributed by atoms with Gasteiger partial charge in [-0.3, -0.25) is 14.5 Å². The van der Waals surface area contributed by atoms with Gasteiger partial charge in [0, 0.05) is 44.6 Å². The van der Waals surface area contributed by atoms with Crippen LogP contribution in [0.4, 0.5) is 0 Å². The molecule has 6 nitrogen and oxygen atoms in total. The molecule has 1 fully saturated rings. The molecule has 0 saturated carbocycles. The zero-order valence-electron chi connectivity index (χ0n) is 14.7. The Morgan fingerprint density at radius 1 is 1.25 bits per heavy atom. The van der Waals surface area contributed by atoms with Gasteiger partial charge in [0.1, 0.15) is 5.76 Å². The van der Waals surface area contributed by atoms with Gasteiger partial charge in [0.25, 0.3) is 5.91 Å². The molecule has 0 radical (unpaired) electrons. The lowest BCUT2D eigenvalue weighted by Gasteiger charge is -2.27. The number of fused-ring (bicyclic) bond motifs is 1. The summed E-state index contributed by atoms with van der Waals surface area (Å²) in [5, 5.41) is 2.91. The fourth-order valence-corrected chi connectivity index (χ4v) is 3.53. The Bertz CT molecular complexity index is 642. The molecule has 1 N–H and O–H groups in total. The second-order valence-electron chi connectivity index (χ2n) is 7.51. The Hall–Kier alpha value is -1.66. The normalized spacial score (nSPS) is 20.7. The van der Waals surface area contributed by atoms with E-state index in [1.165, 1.54) is 0 Å². The van der Waals surface area contributed by atoms with Crippen LogP contribution >= 0.6 is 0 Å². The number of furan rings is 1. The van der Waals surface area contributed by atoms with Crippen LogP contribution in [0.2, 0.25) is 0 Å². The van der Waals surface area contributed by atoms with E-state index < -0.39 is 0 Å². The van der Waals surface area contributed by atoms with Gasteiger partial charge in [-0.15, -0.1) is 0 Å². The number of amides is 1. The molecule has 3 rings (SSSR count). The Balaban J connectivity index is 1.64.